The lowest BCUT2D eigenvalue weighted by molar-refractivity contribution is -0.142. The number of hydrogen-bond donors (Lipinski definition) is 1. The first kappa shape index (κ1) is 22.0. The Labute approximate surface area is 189 Å². The highest BCUT2D eigenvalue weighted by Gasteiger charge is 2.20. The Balaban J connectivity index is 1.36. The van der Waals surface area contributed by atoms with Gasteiger partial charge in [0, 0.05) is 37.4 Å². The molecule has 2 aromatic carbocycles. The third-order valence-electron chi connectivity index (χ3n) is 6.01. The van der Waals surface area contributed by atoms with Gasteiger partial charge in [-0.3, -0.25) is 19.5 Å². The van der Waals surface area contributed by atoms with Crippen LogP contribution in [0, 0.1) is 0 Å². The minimum Gasteiger partial charge on any atom is -0.468 e. The lowest BCUT2D eigenvalue weighted by Crippen LogP contribution is -2.35. The van der Waals surface area contributed by atoms with E-state index in [1.54, 1.807) is 0 Å². The first-order valence-electron chi connectivity index (χ1n) is 11.2. The zero-order chi connectivity index (χ0) is 22.3. The maximum atomic E-state index is 12.8. The zero-order valence-electron chi connectivity index (χ0n) is 18.5. The summed E-state index contributed by atoms with van der Waals surface area (Å²) in [5.74, 6) is -0.389. The molecule has 4 rings (SSSR count). The molecule has 0 unspecified atom stereocenters. The summed E-state index contributed by atoms with van der Waals surface area (Å²) >= 11 is 0. The average molecular weight is 435 g/mol. The Morgan fingerprint density at radius 3 is 2.56 bits per heavy atom. The number of benzene rings is 2. The van der Waals surface area contributed by atoms with Crippen LogP contribution in [0.2, 0.25) is 0 Å². The number of nitrogens with one attached hydrogen (secondary N) is 1. The molecule has 1 N–H and O–H groups in total. The van der Waals surface area contributed by atoms with E-state index in [0.29, 0.717) is 12.1 Å². The van der Waals surface area contributed by atoms with E-state index in [0.717, 1.165) is 42.9 Å². The van der Waals surface area contributed by atoms with Crippen LogP contribution in [-0.2, 0) is 22.5 Å². The number of nitrogens with zero attached hydrogens (tertiary/aromatic N) is 3. The summed E-state index contributed by atoms with van der Waals surface area (Å²) in [7, 11) is 1.40. The number of methoxy groups -OCH3 is 1. The molecular weight excluding hydrogens is 404 g/mol. The molecule has 168 valence electrons. The molecule has 0 atom stereocenters. The molecular formula is C25H30N4O3. The van der Waals surface area contributed by atoms with Crippen LogP contribution in [0.15, 0.2) is 47.6 Å². The van der Waals surface area contributed by atoms with Crippen LogP contribution in [0.25, 0.3) is 0 Å². The number of rotatable bonds is 6. The molecule has 2 heterocycles. The standard InChI is InChI=1S/C25H30N4O3/c1-32-24(30)18-28-14-11-20-7-8-21(15-22(20)17-28)25(31)27-23-9-5-19(6-10-23)16-26-29-12-3-2-4-13-29/h5-10,15-16H,2-4,11-14,17-18H2,1H3,(H,27,31). The second-order valence-corrected chi connectivity index (χ2v) is 8.36. The highest BCUT2D eigenvalue weighted by molar-refractivity contribution is 6.04. The van der Waals surface area contributed by atoms with Crippen molar-refractivity contribution in [1.29, 1.82) is 0 Å². The van der Waals surface area contributed by atoms with Crippen molar-refractivity contribution in [2.75, 3.05) is 38.6 Å². The van der Waals surface area contributed by atoms with Crippen molar-refractivity contribution in [3.05, 3.63) is 64.7 Å². The van der Waals surface area contributed by atoms with Crippen molar-refractivity contribution >= 4 is 23.8 Å². The van der Waals surface area contributed by atoms with Gasteiger partial charge in [-0.15, -0.1) is 0 Å². The van der Waals surface area contributed by atoms with Gasteiger partial charge in [-0.25, -0.2) is 0 Å². The Morgan fingerprint density at radius 1 is 1.03 bits per heavy atom. The lowest BCUT2D eigenvalue weighted by atomic mass is 9.97. The Kier molecular flexibility index (Phi) is 7.17. The molecule has 2 aliphatic rings. The van der Waals surface area contributed by atoms with Crippen molar-refractivity contribution in [1.82, 2.24) is 9.91 Å². The molecule has 2 aromatic rings. The van der Waals surface area contributed by atoms with E-state index in [4.69, 9.17) is 4.74 Å². The maximum Gasteiger partial charge on any atom is 0.319 e. The summed E-state index contributed by atoms with van der Waals surface area (Å²) in [4.78, 5) is 26.4. The van der Waals surface area contributed by atoms with Gasteiger partial charge in [-0.2, -0.15) is 5.10 Å². The lowest BCUT2D eigenvalue weighted by Gasteiger charge is -2.28. The summed E-state index contributed by atoms with van der Waals surface area (Å²) in [6.07, 6.45) is 6.42. The van der Waals surface area contributed by atoms with Crippen molar-refractivity contribution in [2.45, 2.75) is 32.2 Å². The summed E-state index contributed by atoms with van der Waals surface area (Å²) in [5, 5.41) is 9.63. The van der Waals surface area contributed by atoms with Gasteiger partial charge < -0.3 is 10.1 Å². The molecule has 1 fully saturated rings. The van der Waals surface area contributed by atoms with E-state index in [9.17, 15) is 9.59 Å². The number of fused-ring (bicyclic) bond motifs is 1. The summed E-state index contributed by atoms with van der Waals surface area (Å²) < 4.78 is 4.77. The summed E-state index contributed by atoms with van der Waals surface area (Å²) in [6.45, 7) is 3.75. The quantitative estimate of drug-likeness (QED) is 0.558. The largest absolute Gasteiger partial charge is 0.468 e. The number of hydrogen-bond acceptors (Lipinski definition) is 6. The Hall–Kier alpha value is -3.19. The molecule has 1 amide bonds. The number of anilines is 1. The molecule has 7 heteroatoms. The molecule has 0 bridgehead atoms. The fourth-order valence-electron chi connectivity index (χ4n) is 4.14. The number of hydrazone groups is 1. The molecule has 0 spiro atoms. The van der Waals surface area contributed by atoms with Crippen molar-refractivity contribution < 1.29 is 14.3 Å². The van der Waals surface area contributed by atoms with Crippen LogP contribution in [-0.4, -0.2) is 61.3 Å². The van der Waals surface area contributed by atoms with Crippen LogP contribution in [0.5, 0.6) is 0 Å². The van der Waals surface area contributed by atoms with Crippen LogP contribution in [0.4, 0.5) is 5.69 Å². The predicted molar refractivity (Wildman–Crippen MR) is 125 cm³/mol. The van der Waals surface area contributed by atoms with E-state index in [1.807, 2.05) is 53.6 Å². The normalized spacial score (nSPS) is 16.6. The second-order valence-electron chi connectivity index (χ2n) is 8.36. The SMILES string of the molecule is COC(=O)CN1CCc2ccc(C(=O)Nc3ccc(C=NN4CCCCC4)cc3)cc2C1. The Morgan fingerprint density at radius 2 is 1.81 bits per heavy atom. The number of esters is 1. The number of carbonyl (C=O) groups is 2. The third-order valence-corrected chi connectivity index (χ3v) is 6.01. The minimum atomic E-state index is -0.244. The smallest absolute Gasteiger partial charge is 0.319 e. The molecule has 0 aliphatic carbocycles. The summed E-state index contributed by atoms with van der Waals surface area (Å²) in [6, 6.07) is 13.5. The van der Waals surface area contributed by atoms with Gasteiger partial charge in [0.05, 0.1) is 19.9 Å². The maximum absolute atomic E-state index is 12.8. The van der Waals surface area contributed by atoms with Crippen molar-refractivity contribution in [3.63, 3.8) is 0 Å². The minimum absolute atomic E-state index is 0.146. The predicted octanol–water partition coefficient (Wildman–Crippen LogP) is 3.29. The van der Waals surface area contributed by atoms with Crippen LogP contribution < -0.4 is 5.32 Å². The van der Waals surface area contributed by atoms with E-state index in [-0.39, 0.29) is 18.4 Å². The molecule has 0 radical (unpaired) electrons. The first-order chi connectivity index (χ1) is 15.6. The second kappa shape index (κ2) is 10.4. The van der Waals surface area contributed by atoms with Crippen LogP contribution in [0.1, 0.15) is 46.3 Å². The monoisotopic (exact) mass is 434 g/mol. The fraction of sp³-hybridized carbons (Fsp3) is 0.400. The zero-order valence-corrected chi connectivity index (χ0v) is 18.5. The van der Waals surface area contributed by atoms with Gasteiger partial charge in [-0.05, 0) is 66.6 Å². The number of carbonyl (C=O) groups excluding carboxylic acids is 2. The van der Waals surface area contributed by atoms with E-state index in [2.05, 4.69) is 15.4 Å². The average Bonchev–Trinajstić information content (AvgIpc) is 2.83. The van der Waals surface area contributed by atoms with Crippen molar-refractivity contribution in [3.8, 4) is 0 Å². The highest BCUT2D eigenvalue weighted by Crippen LogP contribution is 2.21. The molecule has 0 aromatic heterocycles. The summed E-state index contributed by atoms with van der Waals surface area (Å²) in [5.41, 5.74) is 4.67. The van der Waals surface area contributed by atoms with Gasteiger partial charge in [-0.1, -0.05) is 18.2 Å². The van der Waals surface area contributed by atoms with E-state index < -0.39 is 0 Å². The van der Waals surface area contributed by atoms with Crippen molar-refractivity contribution in [2.24, 2.45) is 5.10 Å². The highest BCUT2D eigenvalue weighted by atomic mass is 16.5. The Bertz CT molecular complexity index is 981. The topological polar surface area (TPSA) is 74.2 Å². The third kappa shape index (κ3) is 5.73. The van der Waals surface area contributed by atoms with Gasteiger partial charge in [0.2, 0.25) is 0 Å². The van der Waals surface area contributed by atoms with Gasteiger partial charge in [0.1, 0.15) is 0 Å². The molecule has 0 saturated carbocycles. The molecule has 7 nitrogen and oxygen atoms in total. The van der Waals surface area contributed by atoms with Crippen LogP contribution in [0.3, 0.4) is 0 Å². The van der Waals surface area contributed by atoms with Gasteiger partial charge >= 0.3 is 5.97 Å². The fourth-order valence-corrected chi connectivity index (χ4v) is 4.14. The van der Waals surface area contributed by atoms with E-state index in [1.165, 1.54) is 31.9 Å². The molecule has 32 heavy (non-hydrogen) atoms. The molecule has 1 saturated heterocycles. The number of ether oxygens (including phenoxy) is 1. The van der Waals surface area contributed by atoms with E-state index >= 15 is 0 Å². The first-order valence-corrected chi connectivity index (χ1v) is 11.2. The number of piperidine rings is 1. The van der Waals surface area contributed by atoms with Crippen LogP contribution >= 0.6 is 0 Å². The molecule has 2 aliphatic heterocycles. The van der Waals surface area contributed by atoms with Gasteiger partial charge in [0.25, 0.3) is 5.91 Å². The van der Waals surface area contributed by atoms with Gasteiger partial charge in [0.15, 0.2) is 0 Å². The number of amides is 1.